The molecule has 0 aliphatic rings. The van der Waals surface area contributed by atoms with Crippen molar-refractivity contribution >= 4 is 15.9 Å². The molecule has 1 heterocycles. The van der Waals surface area contributed by atoms with Crippen LogP contribution in [-0.2, 0) is 0 Å². The Morgan fingerprint density at radius 3 is 2.69 bits per heavy atom. The van der Waals surface area contributed by atoms with Crippen LogP contribution in [0.25, 0.3) is 5.69 Å². The largest absolute Gasteiger partial charge is 0.220 e. The summed E-state index contributed by atoms with van der Waals surface area (Å²) in [7, 11) is 0. The van der Waals surface area contributed by atoms with Gasteiger partial charge in [0.15, 0.2) is 0 Å². The van der Waals surface area contributed by atoms with E-state index in [9.17, 15) is 4.39 Å². The van der Waals surface area contributed by atoms with Gasteiger partial charge in [0.05, 0.1) is 22.4 Å². The lowest BCUT2D eigenvalue weighted by Gasteiger charge is -2.01. The van der Waals surface area contributed by atoms with Crippen molar-refractivity contribution in [1.82, 2.24) is 15.0 Å². The van der Waals surface area contributed by atoms with Crippen LogP contribution in [0.5, 0.6) is 0 Å². The van der Waals surface area contributed by atoms with Crippen LogP contribution < -0.4 is 0 Å². The van der Waals surface area contributed by atoms with Crippen molar-refractivity contribution < 1.29 is 4.39 Å². The molecule has 1 unspecified atom stereocenters. The number of halogens is 2. The highest BCUT2D eigenvalue weighted by molar-refractivity contribution is 9.09. The van der Waals surface area contributed by atoms with Gasteiger partial charge >= 0.3 is 0 Å². The Labute approximate surface area is 101 Å². The van der Waals surface area contributed by atoms with Crippen LogP contribution in [0.4, 0.5) is 4.39 Å². The Bertz CT molecular complexity index is 487. The molecule has 0 saturated carbocycles. The van der Waals surface area contributed by atoms with E-state index in [4.69, 9.17) is 0 Å². The summed E-state index contributed by atoms with van der Waals surface area (Å²) in [5, 5.41) is 7.95. The fourth-order valence-electron chi connectivity index (χ4n) is 1.43. The third kappa shape index (κ3) is 2.29. The zero-order valence-corrected chi connectivity index (χ0v) is 10.6. The summed E-state index contributed by atoms with van der Waals surface area (Å²) in [5.41, 5.74) is 2.37. The second-order valence-electron chi connectivity index (χ2n) is 3.69. The number of aryl methyl sites for hydroxylation is 1. The highest BCUT2D eigenvalue weighted by Crippen LogP contribution is 2.20. The summed E-state index contributed by atoms with van der Waals surface area (Å²) in [4.78, 5) is 0.135. The van der Waals surface area contributed by atoms with Crippen molar-refractivity contribution in [1.29, 1.82) is 0 Å². The first kappa shape index (κ1) is 11.3. The quantitative estimate of drug-likeness (QED) is 0.793. The molecule has 1 aromatic carbocycles. The van der Waals surface area contributed by atoms with Gasteiger partial charge in [0.1, 0.15) is 5.82 Å². The van der Waals surface area contributed by atoms with Crippen LogP contribution in [0.3, 0.4) is 0 Å². The van der Waals surface area contributed by atoms with Crippen molar-refractivity contribution in [3.8, 4) is 5.69 Å². The van der Waals surface area contributed by atoms with Gasteiger partial charge in [0.2, 0.25) is 0 Å². The Balaban J connectivity index is 2.42. The monoisotopic (exact) mass is 283 g/mol. The minimum atomic E-state index is -0.265. The normalized spacial score (nSPS) is 12.8. The molecular formula is C11H11BrFN3. The maximum Gasteiger partial charge on any atom is 0.125 e. The molecule has 0 saturated heterocycles. The summed E-state index contributed by atoms with van der Waals surface area (Å²) < 4.78 is 14.8. The van der Waals surface area contributed by atoms with Gasteiger partial charge in [0, 0.05) is 0 Å². The average molecular weight is 284 g/mol. The first-order valence-electron chi connectivity index (χ1n) is 4.90. The number of hydrogen-bond donors (Lipinski definition) is 0. The van der Waals surface area contributed by atoms with E-state index < -0.39 is 0 Å². The molecular weight excluding hydrogens is 273 g/mol. The van der Waals surface area contributed by atoms with Crippen LogP contribution in [0.2, 0.25) is 0 Å². The number of benzene rings is 1. The van der Waals surface area contributed by atoms with Crippen molar-refractivity contribution in [2.45, 2.75) is 18.7 Å². The molecule has 3 nitrogen and oxygen atoms in total. The minimum Gasteiger partial charge on any atom is -0.220 e. The number of hydrogen-bond acceptors (Lipinski definition) is 2. The molecule has 0 radical (unpaired) electrons. The van der Waals surface area contributed by atoms with Crippen LogP contribution in [-0.4, -0.2) is 15.0 Å². The van der Waals surface area contributed by atoms with Gasteiger partial charge in [-0.3, -0.25) is 0 Å². The Morgan fingerprint density at radius 1 is 1.38 bits per heavy atom. The summed E-state index contributed by atoms with van der Waals surface area (Å²) in [6.45, 7) is 3.81. The van der Waals surface area contributed by atoms with Gasteiger partial charge < -0.3 is 0 Å². The Hall–Kier alpha value is -1.23. The third-order valence-corrected chi connectivity index (χ3v) is 2.68. The van der Waals surface area contributed by atoms with E-state index in [1.54, 1.807) is 10.9 Å². The summed E-state index contributed by atoms with van der Waals surface area (Å²) in [5.74, 6) is -0.265. The lowest BCUT2D eigenvalue weighted by atomic mass is 10.2. The maximum absolute atomic E-state index is 13.2. The van der Waals surface area contributed by atoms with Crippen LogP contribution in [0.1, 0.15) is 23.0 Å². The van der Waals surface area contributed by atoms with E-state index in [-0.39, 0.29) is 10.6 Å². The van der Waals surface area contributed by atoms with Gasteiger partial charge in [-0.1, -0.05) is 21.1 Å². The van der Waals surface area contributed by atoms with E-state index in [1.807, 2.05) is 19.9 Å². The Morgan fingerprint density at radius 2 is 2.12 bits per heavy atom. The first-order valence-corrected chi connectivity index (χ1v) is 5.82. The highest BCUT2D eigenvalue weighted by Gasteiger charge is 2.08. The van der Waals surface area contributed by atoms with E-state index in [1.165, 1.54) is 12.1 Å². The van der Waals surface area contributed by atoms with Crippen LogP contribution >= 0.6 is 15.9 Å². The summed E-state index contributed by atoms with van der Waals surface area (Å²) in [6.07, 6.45) is 1.79. The molecule has 16 heavy (non-hydrogen) atoms. The molecule has 0 bridgehead atoms. The van der Waals surface area contributed by atoms with Crippen molar-refractivity contribution in [3.05, 3.63) is 41.5 Å². The van der Waals surface area contributed by atoms with Crippen molar-refractivity contribution in [2.75, 3.05) is 0 Å². The molecule has 1 aromatic heterocycles. The number of aromatic nitrogens is 3. The predicted octanol–water partition coefficient (Wildman–Crippen LogP) is 3.17. The topological polar surface area (TPSA) is 30.7 Å². The molecule has 0 aliphatic carbocycles. The van der Waals surface area contributed by atoms with Gasteiger partial charge in [-0.15, -0.1) is 5.10 Å². The van der Waals surface area contributed by atoms with Crippen LogP contribution in [0.15, 0.2) is 24.4 Å². The molecule has 2 rings (SSSR count). The number of alkyl halides is 1. The molecule has 0 aliphatic heterocycles. The molecule has 84 valence electrons. The fourth-order valence-corrected chi connectivity index (χ4v) is 1.64. The summed E-state index contributed by atoms with van der Waals surface area (Å²) >= 11 is 3.41. The highest BCUT2D eigenvalue weighted by atomic mass is 79.9. The molecule has 2 aromatic rings. The molecule has 1 atom stereocenters. The summed E-state index contributed by atoms with van der Waals surface area (Å²) in [6, 6.07) is 4.78. The molecule has 5 heteroatoms. The van der Waals surface area contributed by atoms with E-state index in [2.05, 4.69) is 26.2 Å². The SMILES string of the molecule is Cc1cc(F)cc(-n2cc(C(C)Br)nn2)c1. The third-order valence-electron chi connectivity index (χ3n) is 2.21. The lowest BCUT2D eigenvalue weighted by Crippen LogP contribution is -1.96. The van der Waals surface area contributed by atoms with Gasteiger partial charge in [0.25, 0.3) is 0 Å². The van der Waals surface area contributed by atoms with Crippen molar-refractivity contribution in [2.24, 2.45) is 0 Å². The van der Waals surface area contributed by atoms with Crippen LogP contribution in [0, 0.1) is 12.7 Å². The van der Waals surface area contributed by atoms with E-state index in [0.717, 1.165) is 11.3 Å². The van der Waals surface area contributed by atoms with Gasteiger partial charge in [-0.25, -0.2) is 9.07 Å². The molecule has 0 N–H and O–H groups in total. The lowest BCUT2D eigenvalue weighted by molar-refractivity contribution is 0.623. The second kappa shape index (κ2) is 4.33. The maximum atomic E-state index is 13.2. The minimum absolute atomic E-state index is 0.135. The molecule has 0 spiro atoms. The molecule has 0 fully saturated rings. The van der Waals surface area contributed by atoms with Gasteiger partial charge in [-0.2, -0.15) is 0 Å². The zero-order chi connectivity index (χ0) is 11.7. The van der Waals surface area contributed by atoms with E-state index >= 15 is 0 Å². The fraction of sp³-hybridized carbons (Fsp3) is 0.273. The van der Waals surface area contributed by atoms with Crippen molar-refractivity contribution in [3.63, 3.8) is 0 Å². The zero-order valence-electron chi connectivity index (χ0n) is 8.98. The standard InChI is InChI=1S/C11H11BrFN3/c1-7-3-9(13)5-10(4-7)16-6-11(8(2)12)14-15-16/h3-6,8H,1-2H3. The second-order valence-corrected chi connectivity index (χ2v) is 5.06. The first-order chi connectivity index (χ1) is 7.56. The molecule has 0 amide bonds. The van der Waals surface area contributed by atoms with Gasteiger partial charge in [-0.05, 0) is 37.6 Å². The number of nitrogens with zero attached hydrogens (tertiary/aromatic N) is 3. The Kier molecular flexibility index (Phi) is 3.05. The number of rotatable bonds is 2. The smallest absolute Gasteiger partial charge is 0.125 e. The average Bonchev–Trinajstić information content (AvgIpc) is 2.64. The van der Waals surface area contributed by atoms with E-state index in [0.29, 0.717) is 5.69 Å². The predicted molar refractivity (Wildman–Crippen MR) is 63.4 cm³/mol.